The van der Waals surface area contributed by atoms with Gasteiger partial charge in [-0.25, -0.2) is 0 Å². The molecule has 1 aromatic carbocycles. The average molecular weight is 309 g/mol. The van der Waals surface area contributed by atoms with E-state index in [0.29, 0.717) is 35.8 Å². The zero-order valence-electron chi connectivity index (χ0n) is 12.0. The highest BCUT2D eigenvalue weighted by molar-refractivity contribution is 6.33. The predicted octanol–water partition coefficient (Wildman–Crippen LogP) is 2.69. The molecular formula is C16H21ClN2O2. The first-order valence-electron chi connectivity index (χ1n) is 7.56. The Morgan fingerprint density at radius 1 is 1.38 bits per heavy atom. The molecule has 21 heavy (non-hydrogen) atoms. The predicted molar refractivity (Wildman–Crippen MR) is 83.3 cm³/mol. The summed E-state index contributed by atoms with van der Waals surface area (Å²) >= 11 is 5.99. The lowest BCUT2D eigenvalue weighted by atomic mass is 9.71. The summed E-state index contributed by atoms with van der Waals surface area (Å²) in [4.78, 5) is 14.4. The summed E-state index contributed by atoms with van der Waals surface area (Å²) in [6, 6.07) is 5.00. The van der Waals surface area contributed by atoms with Crippen molar-refractivity contribution in [2.75, 3.05) is 18.8 Å². The molecule has 4 nitrogen and oxygen atoms in total. The largest absolute Gasteiger partial charge is 0.398 e. The minimum Gasteiger partial charge on any atom is -0.398 e. The van der Waals surface area contributed by atoms with Crippen molar-refractivity contribution in [3.05, 3.63) is 28.8 Å². The number of fused-ring (bicyclic) bond motifs is 1. The summed E-state index contributed by atoms with van der Waals surface area (Å²) in [5.41, 5.74) is 6.17. The maximum atomic E-state index is 12.6. The van der Waals surface area contributed by atoms with E-state index in [9.17, 15) is 9.90 Å². The number of halogens is 1. The molecule has 1 heterocycles. The minimum atomic E-state index is -0.562. The van der Waals surface area contributed by atoms with Gasteiger partial charge in [0.25, 0.3) is 5.91 Å². The first-order chi connectivity index (χ1) is 9.99. The number of carbonyl (C=O) groups excluding carboxylic acids is 1. The second-order valence-corrected chi connectivity index (χ2v) is 6.69. The maximum absolute atomic E-state index is 12.6. The molecule has 3 N–H and O–H groups in total. The Morgan fingerprint density at radius 2 is 2.19 bits per heavy atom. The van der Waals surface area contributed by atoms with Crippen LogP contribution in [0.25, 0.3) is 0 Å². The first kappa shape index (κ1) is 14.7. The quantitative estimate of drug-likeness (QED) is 0.784. The van der Waals surface area contributed by atoms with Crippen molar-refractivity contribution < 1.29 is 9.90 Å². The Balaban J connectivity index is 1.75. The third kappa shape index (κ3) is 2.74. The van der Waals surface area contributed by atoms with Gasteiger partial charge in [-0.05, 0) is 37.5 Å². The number of nitrogens with two attached hydrogens (primary N) is 1. The molecule has 2 aliphatic rings. The normalized spacial score (nSPS) is 29.0. The molecule has 1 aromatic rings. The number of aliphatic hydroxyl groups is 1. The van der Waals surface area contributed by atoms with Gasteiger partial charge in [-0.3, -0.25) is 4.79 Å². The van der Waals surface area contributed by atoms with Crippen LogP contribution in [0.5, 0.6) is 0 Å². The Hall–Kier alpha value is -1.26. The number of nitrogen functional groups attached to an aromatic ring is 1. The summed E-state index contributed by atoms with van der Waals surface area (Å²) in [5, 5.41) is 11.1. The number of benzene rings is 1. The number of carbonyl (C=O) groups is 1. The Morgan fingerprint density at radius 3 is 2.95 bits per heavy atom. The van der Waals surface area contributed by atoms with Gasteiger partial charge >= 0.3 is 0 Å². The van der Waals surface area contributed by atoms with Gasteiger partial charge in [0.1, 0.15) is 0 Å². The second-order valence-electron chi connectivity index (χ2n) is 6.28. The molecule has 1 saturated heterocycles. The van der Waals surface area contributed by atoms with Crippen molar-refractivity contribution >= 4 is 23.2 Å². The van der Waals surface area contributed by atoms with Crippen molar-refractivity contribution in [2.45, 2.75) is 37.7 Å². The van der Waals surface area contributed by atoms with Crippen LogP contribution in [0.3, 0.4) is 0 Å². The van der Waals surface area contributed by atoms with E-state index in [4.69, 9.17) is 17.3 Å². The summed E-state index contributed by atoms with van der Waals surface area (Å²) in [6.45, 7) is 1.24. The van der Waals surface area contributed by atoms with Crippen molar-refractivity contribution in [3.63, 3.8) is 0 Å². The van der Waals surface area contributed by atoms with Gasteiger partial charge in [0.05, 0.1) is 16.3 Å². The Kier molecular flexibility index (Phi) is 3.84. The Labute approximate surface area is 129 Å². The molecule has 0 bridgehead atoms. The third-order valence-corrected chi connectivity index (χ3v) is 5.29. The van der Waals surface area contributed by atoms with Crippen LogP contribution in [-0.4, -0.2) is 34.6 Å². The number of nitrogens with zero attached hydrogens (tertiary/aromatic N) is 1. The molecule has 2 unspecified atom stereocenters. The molecule has 2 atom stereocenters. The average Bonchev–Trinajstić information content (AvgIpc) is 2.48. The standard InChI is InChI=1S/C16H21ClN2O2/c17-13-9-11(4-5-14(13)18)15(20)19-8-7-16(21)6-2-1-3-12(16)10-19/h4-5,9,12,21H,1-3,6-8,10,18H2. The van der Waals surface area contributed by atoms with Gasteiger partial charge in [-0.1, -0.05) is 24.4 Å². The molecule has 1 aliphatic carbocycles. The molecule has 1 amide bonds. The molecule has 2 fully saturated rings. The molecular weight excluding hydrogens is 288 g/mol. The number of hydrogen-bond donors (Lipinski definition) is 2. The third-order valence-electron chi connectivity index (χ3n) is 4.96. The van der Waals surface area contributed by atoms with Gasteiger partial charge < -0.3 is 15.7 Å². The summed E-state index contributed by atoms with van der Waals surface area (Å²) < 4.78 is 0. The van der Waals surface area contributed by atoms with Crippen molar-refractivity contribution in [2.24, 2.45) is 5.92 Å². The molecule has 114 valence electrons. The van der Waals surface area contributed by atoms with Crippen molar-refractivity contribution in [1.29, 1.82) is 0 Å². The van der Waals surface area contributed by atoms with E-state index in [2.05, 4.69) is 0 Å². The fourth-order valence-electron chi connectivity index (χ4n) is 3.60. The minimum absolute atomic E-state index is 0.0236. The van der Waals surface area contributed by atoms with Crippen LogP contribution in [-0.2, 0) is 0 Å². The van der Waals surface area contributed by atoms with E-state index < -0.39 is 5.60 Å². The van der Waals surface area contributed by atoms with Crippen molar-refractivity contribution in [1.82, 2.24) is 4.90 Å². The first-order valence-corrected chi connectivity index (χ1v) is 7.94. The number of likely N-dealkylation sites (tertiary alicyclic amines) is 1. The van der Waals surface area contributed by atoms with Crippen LogP contribution in [0.15, 0.2) is 18.2 Å². The smallest absolute Gasteiger partial charge is 0.253 e. The molecule has 0 aromatic heterocycles. The summed E-state index contributed by atoms with van der Waals surface area (Å²) in [5.74, 6) is 0.178. The fourth-order valence-corrected chi connectivity index (χ4v) is 3.78. The van der Waals surface area contributed by atoms with Crippen LogP contribution in [0.1, 0.15) is 42.5 Å². The van der Waals surface area contributed by atoms with Gasteiger partial charge in [-0.2, -0.15) is 0 Å². The van der Waals surface area contributed by atoms with Crippen LogP contribution in [0, 0.1) is 5.92 Å². The number of hydrogen-bond acceptors (Lipinski definition) is 3. The van der Waals surface area contributed by atoms with E-state index in [1.807, 2.05) is 4.90 Å². The zero-order chi connectivity index (χ0) is 15.0. The molecule has 5 heteroatoms. The van der Waals surface area contributed by atoms with E-state index in [-0.39, 0.29) is 11.8 Å². The van der Waals surface area contributed by atoms with E-state index in [0.717, 1.165) is 25.7 Å². The van der Waals surface area contributed by atoms with Crippen LogP contribution in [0.2, 0.25) is 5.02 Å². The number of amides is 1. The van der Waals surface area contributed by atoms with Crippen LogP contribution >= 0.6 is 11.6 Å². The zero-order valence-corrected chi connectivity index (χ0v) is 12.8. The highest BCUT2D eigenvalue weighted by Crippen LogP contribution is 2.40. The molecule has 3 rings (SSSR count). The SMILES string of the molecule is Nc1ccc(C(=O)N2CCC3(O)CCCCC3C2)cc1Cl. The van der Waals surface area contributed by atoms with Gasteiger partial charge in [0.15, 0.2) is 0 Å². The van der Waals surface area contributed by atoms with Gasteiger partial charge in [0.2, 0.25) is 0 Å². The highest BCUT2D eigenvalue weighted by atomic mass is 35.5. The molecule has 1 aliphatic heterocycles. The molecule has 1 saturated carbocycles. The lowest BCUT2D eigenvalue weighted by molar-refractivity contribution is -0.0886. The van der Waals surface area contributed by atoms with Crippen molar-refractivity contribution in [3.8, 4) is 0 Å². The van der Waals surface area contributed by atoms with E-state index in [1.165, 1.54) is 0 Å². The highest BCUT2D eigenvalue weighted by Gasteiger charge is 2.43. The Bertz CT molecular complexity index is 563. The van der Waals surface area contributed by atoms with Gasteiger partial charge in [0, 0.05) is 24.6 Å². The number of piperidine rings is 1. The van der Waals surface area contributed by atoms with Gasteiger partial charge in [-0.15, -0.1) is 0 Å². The summed E-state index contributed by atoms with van der Waals surface area (Å²) in [7, 11) is 0. The topological polar surface area (TPSA) is 66.6 Å². The van der Waals surface area contributed by atoms with E-state index >= 15 is 0 Å². The van der Waals surface area contributed by atoms with Crippen LogP contribution < -0.4 is 5.73 Å². The number of anilines is 1. The lowest BCUT2D eigenvalue weighted by Crippen LogP contribution is -2.54. The summed E-state index contributed by atoms with van der Waals surface area (Å²) in [6.07, 6.45) is 4.78. The lowest BCUT2D eigenvalue weighted by Gasteiger charge is -2.47. The number of rotatable bonds is 1. The van der Waals surface area contributed by atoms with Crippen LogP contribution in [0.4, 0.5) is 5.69 Å². The maximum Gasteiger partial charge on any atom is 0.253 e. The second kappa shape index (κ2) is 5.50. The molecule has 0 radical (unpaired) electrons. The molecule has 0 spiro atoms. The monoisotopic (exact) mass is 308 g/mol. The fraction of sp³-hybridized carbons (Fsp3) is 0.562. The van der Waals surface area contributed by atoms with E-state index in [1.54, 1.807) is 18.2 Å².